The van der Waals surface area contributed by atoms with Crippen LogP contribution < -0.4 is 5.56 Å². The number of aromatic nitrogens is 3. The highest BCUT2D eigenvalue weighted by Gasteiger charge is 2.31. The molecule has 0 spiro atoms. The fourth-order valence-electron chi connectivity index (χ4n) is 3.55. The van der Waals surface area contributed by atoms with Crippen LogP contribution in [-0.2, 0) is 0 Å². The van der Waals surface area contributed by atoms with Crippen LogP contribution in [0.1, 0.15) is 22.7 Å². The molecule has 0 amide bonds. The molecular formula is C23H15Cl2N5OS. The molecule has 0 fully saturated rings. The molecular weight excluding hydrogens is 465 g/mol. The second-order valence-corrected chi connectivity index (χ2v) is 8.79. The van der Waals surface area contributed by atoms with E-state index in [0.29, 0.717) is 37.7 Å². The molecule has 4 rings (SSSR count). The second kappa shape index (κ2) is 9.02. The van der Waals surface area contributed by atoms with E-state index in [1.807, 2.05) is 29.7 Å². The minimum Gasteiger partial charge on any atom is -0.293 e. The number of H-pyrrole nitrogens is 1. The Morgan fingerprint density at radius 3 is 2.22 bits per heavy atom. The van der Waals surface area contributed by atoms with Gasteiger partial charge in [0, 0.05) is 38.2 Å². The number of hydrogen-bond donors (Lipinski definition) is 1. The van der Waals surface area contributed by atoms with Crippen molar-refractivity contribution in [3.8, 4) is 28.5 Å². The minimum absolute atomic E-state index is 0.351. The molecule has 6 nitrogen and oxygen atoms in total. The molecule has 32 heavy (non-hydrogen) atoms. The maximum absolute atomic E-state index is 13.4. The van der Waals surface area contributed by atoms with Gasteiger partial charge in [-0.25, -0.2) is 4.98 Å². The zero-order valence-corrected chi connectivity index (χ0v) is 19.0. The van der Waals surface area contributed by atoms with Crippen molar-refractivity contribution in [3.63, 3.8) is 0 Å². The van der Waals surface area contributed by atoms with E-state index in [9.17, 15) is 15.3 Å². The zero-order chi connectivity index (χ0) is 22.8. The molecule has 2 heterocycles. The molecule has 0 aliphatic carbocycles. The summed E-state index contributed by atoms with van der Waals surface area (Å²) in [5.41, 5.74) is 2.81. The molecule has 158 valence electrons. The van der Waals surface area contributed by atoms with Gasteiger partial charge in [-0.2, -0.15) is 15.2 Å². The molecule has 9 heteroatoms. The molecule has 0 radical (unpaired) electrons. The molecule has 0 aliphatic heterocycles. The minimum atomic E-state index is -1.05. The first-order valence-electron chi connectivity index (χ1n) is 9.51. The van der Waals surface area contributed by atoms with Crippen molar-refractivity contribution >= 4 is 34.5 Å². The second-order valence-electron chi connectivity index (χ2n) is 7.08. The van der Waals surface area contributed by atoms with Crippen molar-refractivity contribution in [3.05, 3.63) is 91.1 Å². The summed E-state index contributed by atoms with van der Waals surface area (Å²) in [6.45, 7) is 1.75. The Kier molecular flexibility index (Phi) is 6.16. The number of halogens is 2. The summed E-state index contributed by atoms with van der Waals surface area (Å²) in [6.07, 6.45) is 0. The highest BCUT2D eigenvalue weighted by Crippen LogP contribution is 2.33. The quantitative estimate of drug-likeness (QED) is 0.396. The first kappa shape index (κ1) is 21.9. The predicted molar refractivity (Wildman–Crippen MR) is 125 cm³/mol. The maximum atomic E-state index is 13.4. The molecule has 0 saturated carbocycles. The Morgan fingerprint density at radius 2 is 1.62 bits per heavy atom. The van der Waals surface area contributed by atoms with Gasteiger partial charge in [-0.1, -0.05) is 47.5 Å². The lowest BCUT2D eigenvalue weighted by molar-refractivity contribution is 0.699. The Balaban J connectivity index is 1.81. The lowest BCUT2D eigenvalue weighted by Gasteiger charge is -2.17. The first-order valence-corrected chi connectivity index (χ1v) is 11.1. The van der Waals surface area contributed by atoms with Crippen LogP contribution >= 0.6 is 34.5 Å². The van der Waals surface area contributed by atoms with Crippen LogP contribution in [0, 0.1) is 35.5 Å². The van der Waals surface area contributed by atoms with E-state index in [1.54, 1.807) is 43.3 Å². The Labute approximate surface area is 197 Å². The Bertz CT molecular complexity index is 1390. The predicted octanol–water partition coefficient (Wildman–Crippen LogP) is 5.70. The van der Waals surface area contributed by atoms with Crippen molar-refractivity contribution in [1.29, 1.82) is 10.5 Å². The summed E-state index contributed by atoms with van der Waals surface area (Å²) in [4.78, 5) is 18.0. The Morgan fingerprint density at radius 1 is 1.03 bits per heavy atom. The number of aryl methyl sites for hydroxylation is 1. The van der Waals surface area contributed by atoms with Gasteiger partial charge in [0.05, 0.1) is 17.8 Å². The van der Waals surface area contributed by atoms with Gasteiger partial charge in [-0.05, 0) is 36.8 Å². The maximum Gasteiger partial charge on any atom is 0.277 e. The molecule has 0 unspecified atom stereocenters. The van der Waals surface area contributed by atoms with Crippen molar-refractivity contribution in [2.24, 2.45) is 5.92 Å². The van der Waals surface area contributed by atoms with Crippen LogP contribution in [0.25, 0.3) is 16.4 Å². The van der Waals surface area contributed by atoms with Gasteiger partial charge >= 0.3 is 0 Å². The zero-order valence-electron chi connectivity index (χ0n) is 16.7. The van der Waals surface area contributed by atoms with Crippen molar-refractivity contribution < 1.29 is 0 Å². The third-order valence-corrected chi connectivity index (χ3v) is 6.42. The average Bonchev–Trinajstić information content (AvgIpc) is 3.38. The summed E-state index contributed by atoms with van der Waals surface area (Å²) >= 11 is 13.3. The van der Waals surface area contributed by atoms with Gasteiger partial charge < -0.3 is 0 Å². The summed E-state index contributed by atoms with van der Waals surface area (Å²) in [6, 6.07) is 18.1. The normalized spacial score (nSPS) is 11.8. The molecule has 1 N–H and O–H groups in total. The third kappa shape index (κ3) is 4.06. The van der Waals surface area contributed by atoms with Crippen LogP contribution in [-0.4, -0.2) is 14.8 Å². The highest BCUT2D eigenvalue weighted by atomic mass is 35.5. The lowest BCUT2D eigenvalue weighted by Crippen LogP contribution is -2.23. The van der Waals surface area contributed by atoms with Crippen molar-refractivity contribution in [1.82, 2.24) is 14.8 Å². The lowest BCUT2D eigenvalue weighted by atomic mass is 9.82. The van der Waals surface area contributed by atoms with E-state index in [1.165, 1.54) is 16.0 Å². The number of nitriles is 2. The first-order chi connectivity index (χ1) is 15.4. The number of rotatable bonds is 5. The van der Waals surface area contributed by atoms with Gasteiger partial charge in [0.1, 0.15) is 5.92 Å². The van der Waals surface area contributed by atoms with Gasteiger partial charge in [-0.15, -0.1) is 11.3 Å². The molecule has 2 aromatic heterocycles. The fraction of sp³-hybridized carbons (Fsp3) is 0.130. The van der Waals surface area contributed by atoms with Crippen molar-refractivity contribution in [2.45, 2.75) is 12.8 Å². The van der Waals surface area contributed by atoms with E-state index < -0.39 is 11.8 Å². The van der Waals surface area contributed by atoms with Gasteiger partial charge in [-0.3, -0.25) is 9.89 Å². The number of aromatic amines is 1. The SMILES string of the molecule is Cc1[nH]n(-c2nc(-c3ccc(Cl)cc3)cs2)c(=O)c1[C@@H](c1ccc(Cl)cc1)C(C#N)C#N. The summed E-state index contributed by atoms with van der Waals surface area (Å²) < 4.78 is 1.35. The molecule has 2 aromatic carbocycles. The number of benzene rings is 2. The standard InChI is InChI=1S/C23H15Cl2N5OS/c1-13-20(21(16(10-26)11-27)15-4-8-18(25)9-5-15)22(31)30(29-13)23-28-19(12-32-23)14-2-6-17(24)7-3-14/h2-9,12,16,21,29H,1H3/t21-/m0/s1. The summed E-state index contributed by atoms with van der Waals surface area (Å²) in [5, 5.41) is 25.7. The largest absolute Gasteiger partial charge is 0.293 e. The van der Waals surface area contributed by atoms with Crippen molar-refractivity contribution in [2.75, 3.05) is 0 Å². The van der Waals surface area contributed by atoms with Gasteiger partial charge in [0.2, 0.25) is 5.13 Å². The van der Waals surface area contributed by atoms with Crippen LogP contribution in [0.4, 0.5) is 0 Å². The number of hydrogen-bond acceptors (Lipinski definition) is 5. The number of nitrogens with one attached hydrogen (secondary N) is 1. The summed E-state index contributed by atoms with van der Waals surface area (Å²) in [7, 11) is 0. The average molecular weight is 480 g/mol. The van der Waals surface area contributed by atoms with Crippen LogP contribution in [0.2, 0.25) is 10.0 Å². The van der Waals surface area contributed by atoms with Gasteiger partial charge in [0.15, 0.2) is 0 Å². The number of thiazole rings is 1. The topological polar surface area (TPSA) is 98.3 Å². The Hall–Kier alpha value is -3.36. The van der Waals surface area contributed by atoms with E-state index in [2.05, 4.69) is 10.1 Å². The molecule has 4 aromatic rings. The highest BCUT2D eigenvalue weighted by molar-refractivity contribution is 7.12. The van der Waals surface area contributed by atoms with Crippen LogP contribution in [0.5, 0.6) is 0 Å². The van der Waals surface area contributed by atoms with E-state index in [0.717, 1.165) is 5.56 Å². The van der Waals surface area contributed by atoms with Crippen LogP contribution in [0.15, 0.2) is 58.7 Å². The van der Waals surface area contributed by atoms with Gasteiger partial charge in [0.25, 0.3) is 5.56 Å². The van der Waals surface area contributed by atoms with E-state index in [4.69, 9.17) is 23.2 Å². The smallest absolute Gasteiger partial charge is 0.277 e. The molecule has 1 atom stereocenters. The number of nitrogens with zero attached hydrogens (tertiary/aromatic N) is 4. The molecule has 0 saturated heterocycles. The van der Waals surface area contributed by atoms with E-state index >= 15 is 0 Å². The van der Waals surface area contributed by atoms with Crippen LogP contribution in [0.3, 0.4) is 0 Å². The third-order valence-electron chi connectivity index (χ3n) is 5.09. The van der Waals surface area contributed by atoms with E-state index in [-0.39, 0.29) is 5.56 Å². The summed E-state index contributed by atoms with van der Waals surface area (Å²) in [5.74, 6) is -1.78. The fourth-order valence-corrected chi connectivity index (χ4v) is 4.60. The molecule has 0 bridgehead atoms. The molecule has 0 aliphatic rings. The monoisotopic (exact) mass is 479 g/mol.